The predicted molar refractivity (Wildman–Crippen MR) is 111 cm³/mol. The minimum Gasteiger partial charge on any atom is -0.352 e. The molecular weight excluding hydrogens is 390 g/mol. The summed E-state index contributed by atoms with van der Waals surface area (Å²) in [6.07, 6.45) is 7.16. The monoisotopic (exact) mass is 417 g/mol. The quantitative estimate of drug-likeness (QED) is 0.808. The molecule has 0 unspecified atom stereocenters. The summed E-state index contributed by atoms with van der Waals surface area (Å²) in [5.41, 5.74) is 0.295. The van der Waals surface area contributed by atoms with Crippen LogP contribution in [0.4, 0.5) is 0 Å². The Balaban J connectivity index is 1.60. The van der Waals surface area contributed by atoms with Gasteiger partial charge in [0.25, 0.3) is 5.56 Å². The van der Waals surface area contributed by atoms with Crippen molar-refractivity contribution >= 4 is 26.8 Å². The highest BCUT2D eigenvalue weighted by molar-refractivity contribution is 7.89. The molecule has 1 saturated heterocycles. The number of aromatic nitrogens is 1. The van der Waals surface area contributed by atoms with E-state index in [1.165, 1.54) is 27.4 Å². The molecule has 8 heteroatoms. The van der Waals surface area contributed by atoms with E-state index in [1.807, 2.05) is 0 Å². The van der Waals surface area contributed by atoms with Crippen molar-refractivity contribution in [3.8, 4) is 0 Å². The van der Waals surface area contributed by atoms with Crippen molar-refractivity contribution in [3.63, 3.8) is 0 Å². The van der Waals surface area contributed by atoms with Crippen LogP contribution < -0.4 is 10.9 Å². The molecule has 7 nitrogen and oxygen atoms in total. The molecule has 2 fully saturated rings. The van der Waals surface area contributed by atoms with Crippen molar-refractivity contribution in [3.05, 3.63) is 40.7 Å². The maximum atomic E-state index is 12.8. The predicted octanol–water partition coefficient (Wildman–Crippen LogP) is 2.23. The fraction of sp³-hybridized carbons (Fsp3) is 0.524. The molecular formula is C21H27N3O4S. The molecule has 1 aromatic heterocycles. The lowest BCUT2D eigenvalue weighted by molar-refractivity contribution is -0.122. The van der Waals surface area contributed by atoms with Gasteiger partial charge in [-0.3, -0.25) is 14.2 Å². The Hall–Kier alpha value is -2.19. The van der Waals surface area contributed by atoms with E-state index in [1.54, 1.807) is 18.2 Å². The standard InChI is InChI=1S/C21H27N3O4S/c25-20(22-17-6-2-1-3-7-17)15-24-19-10-9-18(14-16(19)8-11-21(24)26)29(27,28)23-12-4-5-13-23/h8-11,14,17H,1-7,12-13,15H2,(H,22,25). The molecule has 1 N–H and O–H groups in total. The topological polar surface area (TPSA) is 88.5 Å². The summed E-state index contributed by atoms with van der Waals surface area (Å²) >= 11 is 0. The van der Waals surface area contributed by atoms with E-state index in [0.29, 0.717) is 24.0 Å². The molecule has 2 aliphatic rings. The highest BCUT2D eigenvalue weighted by Gasteiger charge is 2.27. The van der Waals surface area contributed by atoms with E-state index in [9.17, 15) is 18.0 Å². The molecule has 1 aliphatic carbocycles. The zero-order chi connectivity index (χ0) is 20.4. The van der Waals surface area contributed by atoms with E-state index < -0.39 is 10.0 Å². The fourth-order valence-corrected chi connectivity index (χ4v) is 5.90. The Kier molecular flexibility index (Phi) is 5.74. The van der Waals surface area contributed by atoms with Gasteiger partial charge < -0.3 is 5.32 Å². The van der Waals surface area contributed by atoms with E-state index in [-0.39, 0.29) is 28.9 Å². The summed E-state index contributed by atoms with van der Waals surface area (Å²) in [5.74, 6) is -0.180. The van der Waals surface area contributed by atoms with Gasteiger partial charge in [-0.2, -0.15) is 4.31 Å². The van der Waals surface area contributed by atoms with Crippen molar-refractivity contribution in [2.24, 2.45) is 0 Å². The number of benzene rings is 1. The van der Waals surface area contributed by atoms with Gasteiger partial charge in [-0.1, -0.05) is 19.3 Å². The first-order chi connectivity index (χ1) is 13.9. The summed E-state index contributed by atoms with van der Waals surface area (Å²) in [6.45, 7) is 1.02. The van der Waals surface area contributed by atoms with Gasteiger partial charge in [0.05, 0.1) is 10.4 Å². The number of amides is 1. The first-order valence-electron chi connectivity index (χ1n) is 10.4. The Morgan fingerprint density at radius 2 is 1.72 bits per heavy atom. The third-order valence-electron chi connectivity index (χ3n) is 5.94. The fourth-order valence-electron chi connectivity index (χ4n) is 4.35. The second kappa shape index (κ2) is 8.28. The van der Waals surface area contributed by atoms with E-state index in [0.717, 1.165) is 38.5 Å². The van der Waals surface area contributed by atoms with Gasteiger partial charge in [-0.25, -0.2) is 8.42 Å². The second-order valence-corrected chi connectivity index (χ2v) is 9.93. The molecule has 2 heterocycles. The third kappa shape index (κ3) is 4.23. The van der Waals surface area contributed by atoms with Crippen LogP contribution in [0.1, 0.15) is 44.9 Å². The van der Waals surface area contributed by atoms with Crippen molar-refractivity contribution in [1.82, 2.24) is 14.2 Å². The van der Waals surface area contributed by atoms with E-state index in [2.05, 4.69) is 5.32 Å². The van der Waals surface area contributed by atoms with Crippen molar-refractivity contribution in [2.75, 3.05) is 13.1 Å². The molecule has 2 aromatic rings. The van der Waals surface area contributed by atoms with E-state index >= 15 is 0 Å². The number of fused-ring (bicyclic) bond motifs is 1. The van der Waals surface area contributed by atoms with Crippen LogP contribution >= 0.6 is 0 Å². The minimum atomic E-state index is -3.53. The lowest BCUT2D eigenvalue weighted by Crippen LogP contribution is -2.39. The van der Waals surface area contributed by atoms with Crippen LogP contribution in [0.15, 0.2) is 40.0 Å². The summed E-state index contributed by atoms with van der Waals surface area (Å²) < 4.78 is 28.6. The van der Waals surface area contributed by atoms with Gasteiger partial charge in [0, 0.05) is 25.2 Å². The Morgan fingerprint density at radius 3 is 2.45 bits per heavy atom. The molecule has 0 atom stereocenters. The number of nitrogens with one attached hydrogen (secondary N) is 1. The largest absolute Gasteiger partial charge is 0.352 e. The number of carbonyl (C=O) groups is 1. The first kappa shape index (κ1) is 20.1. The number of rotatable bonds is 5. The number of hydrogen-bond acceptors (Lipinski definition) is 4. The highest BCUT2D eigenvalue weighted by atomic mass is 32.2. The molecule has 1 aromatic carbocycles. The molecule has 1 saturated carbocycles. The number of carbonyl (C=O) groups excluding carboxylic acids is 1. The molecule has 1 amide bonds. The minimum absolute atomic E-state index is 0.0646. The number of pyridine rings is 1. The molecule has 156 valence electrons. The Labute approximate surface area is 170 Å². The number of nitrogens with zero attached hydrogens (tertiary/aromatic N) is 2. The normalized spacial score (nSPS) is 18.9. The maximum absolute atomic E-state index is 12.8. The molecule has 29 heavy (non-hydrogen) atoms. The molecule has 4 rings (SSSR count). The number of hydrogen-bond donors (Lipinski definition) is 1. The third-order valence-corrected chi connectivity index (χ3v) is 7.83. The molecule has 0 spiro atoms. The summed E-state index contributed by atoms with van der Waals surface area (Å²) in [5, 5.41) is 3.67. The second-order valence-electron chi connectivity index (χ2n) is 7.99. The van der Waals surface area contributed by atoms with Gasteiger partial charge in [0.15, 0.2) is 0 Å². The van der Waals surface area contributed by atoms with Gasteiger partial charge in [-0.15, -0.1) is 0 Å². The molecule has 0 bridgehead atoms. The molecule has 1 aliphatic heterocycles. The SMILES string of the molecule is O=C(Cn1c(=O)ccc2cc(S(=O)(=O)N3CCCC3)ccc21)NC1CCCCC1. The smallest absolute Gasteiger partial charge is 0.251 e. The van der Waals surface area contributed by atoms with Crippen molar-refractivity contribution in [2.45, 2.75) is 62.4 Å². The zero-order valence-electron chi connectivity index (χ0n) is 16.5. The van der Waals surface area contributed by atoms with Crippen LogP contribution in [-0.2, 0) is 21.4 Å². The summed E-state index contributed by atoms with van der Waals surface area (Å²) in [7, 11) is -3.53. The maximum Gasteiger partial charge on any atom is 0.251 e. The van der Waals surface area contributed by atoms with Crippen LogP contribution in [-0.4, -0.2) is 42.3 Å². The lowest BCUT2D eigenvalue weighted by Gasteiger charge is -2.23. The average molecular weight is 418 g/mol. The zero-order valence-corrected chi connectivity index (χ0v) is 17.3. The number of sulfonamides is 1. The van der Waals surface area contributed by atoms with Crippen molar-refractivity contribution in [1.29, 1.82) is 0 Å². The summed E-state index contributed by atoms with van der Waals surface area (Å²) in [4.78, 5) is 25.1. The van der Waals surface area contributed by atoms with E-state index in [4.69, 9.17) is 0 Å². The van der Waals surface area contributed by atoms with Gasteiger partial charge in [-0.05, 0) is 55.3 Å². The van der Waals surface area contributed by atoms with Crippen molar-refractivity contribution < 1.29 is 13.2 Å². The van der Waals surface area contributed by atoms with Crippen LogP contribution in [0, 0.1) is 0 Å². The summed E-state index contributed by atoms with van der Waals surface area (Å²) in [6, 6.07) is 7.95. The van der Waals surface area contributed by atoms with Crippen LogP contribution in [0.3, 0.4) is 0 Å². The van der Waals surface area contributed by atoms with Gasteiger partial charge in [0.1, 0.15) is 6.54 Å². The van der Waals surface area contributed by atoms with Crippen LogP contribution in [0.25, 0.3) is 10.9 Å². The molecule has 0 radical (unpaired) electrons. The van der Waals surface area contributed by atoms with Gasteiger partial charge >= 0.3 is 0 Å². The Bertz CT molecular complexity index is 1070. The Morgan fingerprint density at radius 1 is 1.00 bits per heavy atom. The van der Waals surface area contributed by atoms with Crippen LogP contribution in [0.5, 0.6) is 0 Å². The highest BCUT2D eigenvalue weighted by Crippen LogP contribution is 2.24. The lowest BCUT2D eigenvalue weighted by atomic mass is 9.95. The average Bonchev–Trinajstić information content (AvgIpc) is 3.26. The van der Waals surface area contributed by atoms with Gasteiger partial charge in [0.2, 0.25) is 15.9 Å². The first-order valence-corrected chi connectivity index (χ1v) is 11.8. The van der Waals surface area contributed by atoms with Crippen LogP contribution in [0.2, 0.25) is 0 Å².